The van der Waals surface area contributed by atoms with Crippen LogP contribution >= 0.6 is 11.6 Å². The van der Waals surface area contributed by atoms with Crippen LogP contribution in [0.25, 0.3) is 0 Å². The minimum atomic E-state index is -0.647. The lowest BCUT2D eigenvalue weighted by atomic mass is 9.84. The van der Waals surface area contributed by atoms with Crippen LogP contribution in [0.1, 0.15) is 5.56 Å². The molecule has 34 heavy (non-hydrogen) atoms. The standard InChI is InChI=1S/C23H19ClF2N6O2/c24-17-5-13(6-27)1-2-18(17)31-22-20(26)19(3-4-28-22)34-21-14-9-32(10-15(21)12-33-11-14)23-29-7-16(25)8-30-23/h1-5,7-8,14-15,21H,9-12H2,(H,28,31). The van der Waals surface area contributed by atoms with Gasteiger partial charge in [-0.05, 0) is 18.2 Å². The Morgan fingerprint density at radius 2 is 1.85 bits per heavy atom. The van der Waals surface area contributed by atoms with Crippen molar-refractivity contribution in [1.29, 1.82) is 5.26 Å². The van der Waals surface area contributed by atoms with Gasteiger partial charge < -0.3 is 19.7 Å². The lowest BCUT2D eigenvalue weighted by Gasteiger charge is -2.46. The first-order valence-electron chi connectivity index (χ1n) is 10.6. The number of nitrogens with zero attached hydrogens (tertiary/aromatic N) is 5. The van der Waals surface area contributed by atoms with Crippen molar-refractivity contribution < 1.29 is 18.3 Å². The Hall–Kier alpha value is -3.55. The molecule has 1 aromatic carbocycles. The highest BCUT2D eigenvalue weighted by Gasteiger charge is 2.43. The number of anilines is 3. The molecule has 0 aliphatic carbocycles. The zero-order chi connectivity index (χ0) is 23.7. The van der Waals surface area contributed by atoms with Crippen molar-refractivity contribution in [3.05, 3.63) is 65.1 Å². The summed E-state index contributed by atoms with van der Waals surface area (Å²) in [4.78, 5) is 14.2. The Bertz CT molecular complexity index is 1230. The predicted octanol–water partition coefficient (Wildman–Crippen LogP) is 3.95. The van der Waals surface area contributed by atoms with Gasteiger partial charge in [0.05, 0.1) is 48.0 Å². The number of nitriles is 1. The Balaban J connectivity index is 1.33. The lowest BCUT2D eigenvalue weighted by Crippen LogP contribution is -2.58. The molecule has 2 fully saturated rings. The number of fused-ring (bicyclic) bond motifs is 2. The molecule has 11 heteroatoms. The number of hydrogen-bond acceptors (Lipinski definition) is 8. The van der Waals surface area contributed by atoms with Crippen LogP contribution in [0.2, 0.25) is 5.02 Å². The van der Waals surface area contributed by atoms with Crippen LogP contribution in [0.4, 0.5) is 26.2 Å². The highest BCUT2D eigenvalue weighted by molar-refractivity contribution is 6.33. The van der Waals surface area contributed by atoms with Gasteiger partial charge in [0, 0.05) is 37.2 Å². The van der Waals surface area contributed by atoms with E-state index in [0.717, 1.165) is 12.4 Å². The molecule has 2 saturated heterocycles. The number of piperidine rings is 1. The first-order valence-corrected chi connectivity index (χ1v) is 11.0. The summed E-state index contributed by atoms with van der Waals surface area (Å²) in [5.41, 5.74) is 0.814. The Morgan fingerprint density at radius 1 is 1.12 bits per heavy atom. The monoisotopic (exact) mass is 484 g/mol. The Labute approximate surface area is 199 Å². The van der Waals surface area contributed by atoms with Crippen LogP contribution < -0.4 is 15.0 Å². The summed E-state index contributed by atoms with van der Waals surface area (Å²) in [5.74, 6) is -0.788. The summed E-state index contributed by atoms with van der Waals surface area (Å²) >= 11 is 6.20. The summed E-state index contributed by atoms with van der Waals surface area (Å²) in [6.07, 6.45) is 3.44. The van der Waals surface area contributed by atoms with Gasteiger partial charge in [-0.3, -0.25) is 0 Å². The molecule has 5 rings (SSSR count). The summed E-state index contributed by atoms with van der Waals surface area (Å²) < 4.78 is 40.4. The first-order chi connectivity index (χ1) is 16.5. The zero-order valence-electron chi connectivity index (χ0n) is 17.8. The van der Waals surface area contributed by atoms with Crippen molar-refractivity contribution in [1.82, 2.24) is 15.0 Å². The predicted molar refractivity (Wildman–Crippen MR) is 120 cm³/mol. The second-order valence-electron chi connectivity index (χ2n) is 8.15. The molecule has 174 valence electrons. The number of rotatable bonds is 5. The van der Waals surface area contributed by atoms with Crippen molar-refractivity contribution in [3.63, 3.8) is 0 Å². The van der Waals surface area contributed by atoms with E-state index in [4.69, 9.17) is 26.3 Å². The number of halogens is 3. The van der Waals surface area contributed by atoms with Crippen LogP contribution in [0, 0.1) is 34.8 Å². The molecule has 0 spiro atoms. The molecule has 2 unspecified atom stereocenters. The SMILES string of the molecule is N#Cc1ccc(Nc2nccc(OC3C4COCC3CN(c3ncc(F)cn3)C4)c2F)c(Cl)c1. The fraction of sp³-hybridized carbons (Fsp3) is 0.304. The molecule has 2 atom stereocenters. The van der Waals surface area contributed by atoms with E-state index in [0.29, 0.717) is 43.5 Å². The highest BCUT2D eigenvalue weighted by Crippen LogP contribution is 2.35. The molecule has 2 aliphatic heterocycles. The summed E-state index contributed by atoms with van der Waals surface area (Å²) in [5, 5.41) is 12.1. The van der Waals surface area contributed by atoms with E-state index >= 15 is 4.39 Å². The topological polar surface area (TPSA) is 96.2 Å². The van der Waals surface area contributed by atoms with Gasteiger partial charge in [-0.15, -0.1) is 0 Å². The zero-order valence-corrected chi connectivity index (χ0v) is 18.5. The molecule has 2 aliphatic rings. The minimum Gasteiger partial charge on any atom is -0.486 e. The molecule has 1 N–H and O–H groups in total. The third kappa shape index (κ3) is 4.44. The maximum atomic E-state index is 15.3. The van der Waals surface area contributed by atoms with E-state index in [2.05, 4.69) is 20.3 Å². The number of hydrogen-bond donors (Lipinski definition) is 1. The molecule has 0 saturated carbocycles. The third-order valence-corrected chi connectivity index (χ3v) is 6.17. The molecular weight excluding hydrogens is 466 g/mol. The first kappa shape index (κ1) is 22.3. The number of nitrogens with one attached hydrogen (secondary N) is 1. The van der Waals surface area contributed by atoms with Crippen molar-refractivity contribution in [2.45, 2.75) is 6.10 Å². The van der Waals surface area contributed by atoms with E-state index in [-0.39, 0.29) is 34.5 Å². The average Bonchev–Trinajstić information content (AvgIpc) is 2.83. The molecule has 0 radical (unpaired) electrons. The molecule has 0 amide bonds. The molecule has 4 heterocycles. The van der Waals surface area contributed by atoms with Crippen molar-refractivity contribution >= 4 is 29.1 Å². The average molecular weight is 485 g/mol. The molecule has 2 aromatic heterocycles. The number of ether oxygens (including phenoxy) is 2. The van der Waals surface area contributed by atoms with Gasteiger partial charge in [-0.2, -0.15) is 9.65 Å². The van der Waals surface area contributed by atoms with Gasteiger partial charge in [-0.25, -0.2) is 19.3 Å². The van der Waals surface area contributed by atoms with Crippen LogP contribution in [0.3, 0.4) is 0 Å². The van der Waals surface area contributed by atoms with Crippen molar-refractivity contribution in [2.75, 3.05) is 36.5 Å². The Kier molecular flexibility index (Phi) is 6.13. The van der Waals surface area contributed by atoms with Gasteiger partial charge in [-0.1, -0.05) is 11.6 Å². The maximum absolute atomic E-state index is 15.3. The van der Waals surface area contributed by atoms with Crippen molar-refractivity contribution in [2.24, 2.45) is 11.8 Å². The largest absolute Gasteiger partial charge is 0.486 e. The number of benzene rings is 1. The minimum absolute atomic E-state index is 0.0392. The second kappa shape index (κ2) is 9.37. The van der Waals surface area contributed by atoms with E-state index in [1.54, 1.807) is 12.1 Å². The third-order valence-electron chi connectivity index (χ3n) is 5.86. The van der Waals surface area contributed by atoms with Crippen LogP contribution in [0.5, 0.6) is 5.75 Å². The van der Waals surface area contributed by atoms with Gasteiger partial charge >= 0.3 is 0 Å². The van der Waals surface area contributed by atoms with Gasteiger partial charge in [0.25, 0.3) is 0 Å². The van der Waals surface area contributed by atoms with Gasteiger partial charge in [0.15, 0.2) is 17.4 Å². The van der Waals surface area contributed by atoms with Crippen LogP contribution in [0.15, 0.2) is 42.9 Å². The summed E-state index contributed by atoms with van der Waals surface area (Å²) in [6, 6.07) is 8.13. The fourth-order valence-electron chi connectivity index (χ4n) is 4.29. The van der Waals surface area contributed by atoms with E-state index < -0.39 is 11.6 Å². The van der Waals surface area contributed by atoms with E-state index in [1.807, 2.05) is 11.0 Å². The van der Waals surface area contributed by atoms with E-state index in [9.17, 15) is 4.39 Å². The normalized spacial score (nSPS) is 21.6. The molecule has 3 aromatic rings. The fourth-order valence-corrected chi connectivity index (χ4v) is 4.52. The maximum Gasteiger partial charge on any atom is 0.225 e. The Morgan fingerprint density at radius 3 is 2.53 bits per heavy atom. The van der Waals surface area contributed by atoms with Gasteiger partial charge in [0.2, 0.25) is 11.8 Å². The second-order valence-corrected chi connectivity index (χ2v) is 8.56. The summed E-state index contributed by atoms with van der Waals surface area (Å²) in [6.45, 7) is 1.95. The highest BCUT2D eigenvalue weighted by atomic mass is 35.5. The molecular formula is C23H19ClF2N6O2. The quantitative estimate of drug-likeness (QED) is 0.581. The van der Waals surface area contributed by atoms with Crippen LogP contribution in [-0.2, 0) is 4.74 Å². The molecule has 2 bridgehead atoms. The van der Waals surface area contributed by atoms with Gasteiger partial charge in [0.1, 0.15) is 6.10 Å². The van der Waals surface area contributed by atoms with E-state index in [1.165, 1.54) is 18.3 Å². The molecule has 8 nitrogen and oxygen atoms in total. The lowest BCUT2D eigenvalue weighted by molar-refractivity contribution is -0.0766. The smallest absolute Gasteiger partial charge is 0.225 e. The van der Waals surface area contributed by atoms with Crippen molar-refractivity contribution in [3.8, 4) is 11.8 Å². The summed E-state index contributed by atoms with van der Waals surface area (Å²) in [7, 11) is 0. The van der Waals surface area contributed by atoms with Crippen LogP contribution in [-0.4, -0.2) is 47.4 Å². The number of pyridine rings is 1. The number of aromatic nitrogens is 3.